The van der Waals surface area contributed by atoms with Gasteiger partial charge in [-0.25, -0.2) is 4.79 Å². The van der Waals surface area contributed by atoms with E-state index in [-0.39, 0.29) is 35.8 Å². The van der Waals surface area contributed by atoms with E-state index in [1.165, 1.54) is 6.42 Å². The maximum Gasteiger partial charge on any atom is 0.318 e. The number of amides is 4. The van der Waals surface area contributed by atoms with E-state index >= 15 is 0 Å². The van der Waals surface area contributed by atoms with Gasteiger partial charge >= 0.3 is 6.03 Å². The predicted molar refractivity (Wildman–Crippen MR) is 136 cm³/mol. The molecule has 1 atom stereocenters. The summed E-state index contributed by atoms with van der Waals surface area (Å²) in [5, 5.41) is 9.11. The Morgan fingerprint density at radius 1 is 1.06 bits per heavy atom. The topological polar surface area (TPSA) is 99.8 Å². The monoisotopic (exact) mass is 484 g/mol. The first-order valence-corrected chi connectivity index (χ1v) is 13.2. The van der Waals surface area contributed by atoms with Gasteiger partial charge in [0, 0.05) is 36.7 Å². The molecular formula is C27H40N4O4. The van der Waals surface area contributed by atoms with Crippen LogP contribution in [0.5, 0.6) is 0 Å². The van der Waals surface area contributed by atoms with Crippen molar-refractivity contribution in [3.05, 3.63) is 23.8 Å². The van der Waals surface area contributed by atoms with E-state index in [9.17, 15) is 14.4 Å². The summed E-state index contributed by atoms with van der Waals surface area (Å²) < 4.78 is 5.48. The molecule has 2 heterocycles. The molecule has 8 nitrogen and oxygen atoms in total. The lowest BCUT2D eigenvalue weighted by Crippen LogP contribution is -2.56. The van der Waals surface area contributed by atoms with Crippen LogP contribution in [0.2, 0.25) is 0 Å². The maximum atomic E-state index is 13.5. The number of ether oxygens (including phenoxy) is 1. The van der Waals surface area contributed by atoms with Crippen LogP contribution >= 0.6 is 0 Å². The van der Waals surface area contributed by atoms with E-state index < -0.39 is 11.5 Å². The Kier molecular flexibility index (Phi) is 7.69. The third-order valence-corrected chi connectivity index (χ3v) is 7.86. The van der Waals surface area contributed by atoms with Crippen LogP contribution in [-0.2, 0) is 19.7 Å². The van der Waals surface area contributed by atoms with Crippen molar-refractivity contribution in [3.8, 4) is 0 Å². The number of nitrogens with one attached hydrogen (secondary N) is 3. The molecule has 0 aromatic heterocycles. The van der Waals surface area contributed by atoms with Gasteiger partial charge < -0.3 is 25.6 Å². The van der Waals surface area contributed by atoms with Crippen LogP contribution in [0.1, 0.15) is 78.2 Å². The number of fused-ring (bicyclic) bond motifs is 2. The predicted octanol–water partition coefficient (Wildman–Crippen LogP) is 4.40. The number of urea groups is 1. The van der Waals surface area contributed by atoms with Gasteiger partial charge in [0.15, 0.2) is 0 Å². The second-order valence-corrected chi connectivity index (χ2v) is 10.8. The molecule has 1 saturated heterocycles. The van der Waals surface area contributed by atoms with Crippen LogP contribution in [0.4, 0.5) is 16.2 Å². The molecule has 1 spiro atoms. The number of anilines is 2. The molecule has 1 aliphatic carbocycles. The van der Waals surface area contributed by atoms with Gasteiger partial charge in [0.1, 0.15) is 6.04 Å². The highest BCUT2D eigenvalue weighted by molar-refractivity contribution is 6.07. The van der Waals surface area contributed by atoms with Crippen molar-refractivity contribution >= 4 is 29.2 Å². The zero-order chi connectivity index (χ0) is 25.2. The normalized spacial score (nSPS) is 20.5. The van der Waals surface area contributed by atoms with Crippen LogP contribution in [-0.4, -0.2) is 54.1 Å². The van der Waals surface area contributed by atoms with E-state index in [0.717, 1.165) is 36.9 Å². The smallest absolute Gasteiger partial charge is 0.318 e. The molecule has 2 aliphatic heterocycles. The second-order valence-electron chi connectivity index (χ2n) is 10.8. The molecule has 3 aliphatic rings. The van der Waals surface area contributed by atoms with E-state index in [1.54, 1.807) is 4.90 Å². The van der Waals surface area contributed by atoms with Crippen LogP contribution < -0.4 is 16.0 Å². The van der Waals surface area contributed by atoms with E-state index in [4.69, 9.17) is 4.74 Å². The van der Waals surface area contributed by atoms with Gasteiger partial charge in [0.2, 0.25) is 11.8 Å². The lowest BCUT2D eigenvalue weighted by molar-refractivity contribution is -0.124. The third-order valence-electron chi connectivity index (χ3n) is 7.86. The van der Waals surface area contributed by atoms with Gasteiger partial charge in [-0.1, -0.05) is 25.3 Å². The zero-order valence-corrected chi connectivity index (χ0v) is 21.5. The Morgan fingerprint density at radius 2 is 1.71 bits per heavy atom. The average molecular weight is 485 g/mol. The fourth-order valence-electron chi connectivity index (χ4n) is 6.08. The Morgan fingerprint density at radius 3 is 2.34 bits per heavy atom. The van der Waals surface area contributed by atoms with Crippen molar-refractivity contribution in [3.63, 3.8) is 0 Å². The number of nitrogens with zero attached hydrogens (tertiary/aromatic N) is 1. The van der Waals surface area contributed by atoms with Gasteiger partial charge in [-0.2, -0.15) is 0 Å². The number of carbonyl (C=O) groups excluding carboxylic acids is 3. The lowest BCUT2D eigenvalue weighted by Gasteiger charge is -2.35. The third kappa shape index (κ3) is 5.17. The van der Waals surface area contributed by atoms with Gasteiger partial charge in [-0.05, 0) is 77.0 Å². The maximum absolute atomic E-state index is 13.5. The molecule has 2 fully saturated rings. The molecular weight excluding hydrogens is 444 g/mol. The molecule has 1 saturated carbocycles. The van der Waals surface area contributed by atoms with Crippen LogP contribution in [0.15, 0.2) is 18.2 Å². The fourth-order valence-corrected chi connectivity index (χ4v) is 6.08. The SMILES string of the molecule is CC(C)N(C(=O)NC(C(=O)Nc1ccc2c(c1)NC(=O)C21CCOCC1)C1CCCCC1)C(C)C. The highest BCUT2D eigenvalue weighted by Gasteiger charge is 2.47. The molecule has 0 bridgehead atoms. The van der Waals surface area contributed by atoms with Crippen molar-refractivity contribution in [2.45, 2.75) is 96.2 Å². The van der Waals surface area contributed by atoms with E-state index in [0.29, 0.717) is 31.7 Å². The largest absolute Gasteiger partial charge is 0.381 e. The van der Waals surface area contributed by atoms with Crippen molar-refractivity contribution in [1.82, 2.24) is 10.2 Å². The summed E-state index contributed by atoms with van der Waals surface area (Å²) in [5.74, 6) is -0.0923. The first-order valence-electron chi connectivity index (χ1n) is 13.2. The molecule has 4 rings (SSSR count). The van der Waals surface area contributed by atoms with Gasteiger partial charge in [-0.3, -0.25) is 9.59 Å². The summed E-state index contributed by atoms with van der Waals surface area (Å²) >= 11 is 0. The lowest BCUT2D eigenvalue weighted by atomic mass is 9.75. The van der Waals surface area contributed by atoms with Crippen molar-refractivity contribution in [2.75, 3.05) is 23.8 Å². The molecule has 0 radical (unpaired) electrons. The summed E-state index contributed by atoms with van der Waals surface area (Å²) in [6.07, 6.45) is 6.47. The van der Waals surface area contributed by atoms with E-state index in [1.807, 2.05) is 45.9 Å². The number of benzene rings is 1. The van der Waals surface area contributed by atoms with Gasteiger partial charge in [0.25, 0.3) is 0 Å². The number of hydrogen-bond acceptors (Lipinski definition) is 4. The number of carbonyl (C=O) groups is 3. The quantitative estimate of drug-likeness (QED) is 0.557. The fraction of sp³-hybridized carbons (Fsp3) is 0.667. The Labute approximate surface area is 208 Å². The standard InChI is InChI=1S/C27H40N4O4/c1-17(2)31(18(3)4)26(34)30-23(19-8-6-5-7-9-19)24(32)28-20-10-11-21-22(16-20)29-25(33)27(21)12-14-35-15-13-27/h10-11,16-19,23H,5-9,12-15H2,1-4H3,(H,28,32)(H,29,33)(H,30,34). The highest BCUT2D eigenvalue weighted by atomic mass is 16.5. The molecule has 3 N–H and O–H groups in total. The van der Waals surface area contributed by atoms with Crippen molar-refractivity contribution in [1.29, 1.82) is 0 Å². The average Bonchev–Trinajstić information content (AvgIpc) is 3.08. The van der Waals surface area contributed by atoms with Gasteiger partial charge in [-0.15, -0.1) is 0 Å². The van der Waals surface area contributed by atoms with Gasteiger partial charge in [0.05, 0.1) is 5.41 Å². The van der Waals surface area contributed by atoms with Crippen molar-refractivity contribution in [2.24, 2.45) is 5.92 Å². The van der Waals surface area contributed by atoms with Crippen LogP contribution in [0.25, 0.3) is 0 Å². The molecule has 4 amide bonds. The van der Waals surface area contributed by atoms with Crippen molar-refractivity contribution < 1.29 is 19.1 Å². The zero-order valence-electron chi connectivity index (χ0n) is 21.5. The summed E-state index contributed by atoms with van der Waals surface area (Å²) in [4.78, 5) is 41.3. The molecule has 192 valence electrons. The Hall–Kier alpha value is -2.61. The minimum atomic E-state index is -0.604. The molecule has 1 unspecified atom stereocenters. The number of hydrogen-bond donors (Lipinski definition) is 3. The Bertz CT molecular complexity index is 940. The summed E-state index contributed by atoms with van der Waals surface area (Å²) in [6.45, 7) is 9.08. The molecule has 1 aromatic rings. The minimum absolute atomic E-state index is 0.00841. The second kappa shape index (κ2) is 10.6. The van der Waals surface area contributed by atoms with E-state index in [2.05, 4.69) is 16.0 Å². The molecule has 1 aromatic carbocycles. The Balaban J connectivity index is 1.52. The van der Waals surface area contributed by atoms with Crippen LogP contribution in [0.3, 0.4) is 0 Å². The minimum Gasteiger partial charge on any atom is -0.381 e. The molecule has 8 heteroatoms. The summed E-state index contributed by atoms with van der Waals surface area (Å²) in [5.41, 5.74) is 1.81. The first-order chi connectivity index (χ1) is 16.7. The molecule has 35 heavy (non-hydrogen) atoms. The van der Waals surface area contributed by atoms with Crippen LogP contribution in [0, 0.1) is 5.92 Å². The highest BCUT2D eigenvalue weighted by Crippen LogP contribution is 2.45. The number of rotatable bonds is 6. The first kappa shape index (κ1) is 25.5. The summed E-state index contributed by atoms with van der Waals surface area (Å²) in [7, 11) is 0. The summed E-state index contributed by atoms with van der Waals surface area (Å²) in [6, 6.07) is 4.90.